The molecule has 0 aromatic heterocycles. The molecular formula is C25H42O6. The minimum atomic E-state index is -0.823. The summed E-state index contributed by atoms with van der Waals surface area (Å²) in [4.78, 5) is 11.7. The van der Waals surface area contributed by atoms with Gasteiger partial charge in [0.25, 0.3) is 0 Å². The molecule has 0 aliphatic heterocycles. The highest BCUT2D eigenvalue weighted by molar-refractivity contribution is 5.69. The molecule has 12 atom stereocenters. The molecule has 0 unspecified atom stereocenters. The number of aliphatic hydroxyl groups is 4. The number of methoxy groups -OCH3 is 1. The molecule has 0 spiro atoms. The van der Waals surface area contributed by atoms with Crippen LogP contribution in [0.15, 0.2) is 0 Å². The lowest BCUT2D eigenvalue weighted by Gasteiger charge is -2.64. The second kappa shape index (κ2) is 8.27. The first-order valence-electron chi connectivity index (χ1n) is 12.3. The third-order valence-electron chi connectivity index (χ3n) is 10.6. The molecule has 0 saturated heterocycles. The number of carbonyl (C=O) groups is 1. The lowest BCUT2D eigenvalue weighted by molar-refractivity contribution is -0.243. The van der Waals surface area contributed by atoms with E-state index in [0.29, 0.717) is 19.3 Å². The van der Waals surface area contributed by atoms with Crippen LogP contribution in [-0.2, 0) is 9.53 Å². The minimum Gasteiger partial charge on any atom is -0.469 e. The van der Waals surface area contributed by atoms with E-state index in [-0.39, 0.29) is 52.3 Å². The maximum atomic E-state index is 11.7. The van der Waals surface area contributed by atoms with Crippen molar-refractivity contribution in [3.8, 4) is 0 Å². The fraction of sp³-hybridized carbons (Fsp3) is 0.960. The van der Waals surface area contributed by atoms with Crippen LogP contribution in [0.5, 0.6) is 0 Å². The Bertz CT molecular complexity index is 683. The molecule has 178 valence electrons. The van der Waals surface area contributed by atoms with Gasteiger partial charge in [0.15, 0.2) is 0 Å². The number of rotatable bonds is 4. The van der Waals surface area contributed by atoms with Crippen LogP contribution in [0.25, 0.3) is 0 Å². The van der Waals surface area contributed by atoms with Crippen molar-refractivity contribution in [2.75, 3.05) is 7.11 Å². The summed E-state index contributed by atoms with van der Waals surface area (Å²) in [6, 6.07) is 0. The fourth-order valence-electron chi connectivity index (χ4n) is 8.82. The molecule has 4 aliphatic rings. The van der Waals surface area contributed by atoms with Crippen LogP contribution in [0.1, 0.15) is 72.1 Å². The normalized spacial score (nSPS) is 52.6. The molecule has 0 heterocycles. The Morgan fingerprint density at radius 3 is 2.39 bits per heavy atom. The average molecular weight is 439 g/mol. The first-order valence-corrected chi connectivity index (χ1v) is 12.3. The molecule has 0 aromatic rings. The first kappa shape index (κ1) is 23.5. The number of hydrogen-bond donors (Lipinski definition) is 4. The molecule has 4 fully saturated rings. The summed E-state index contributed by atoms with van der Waals surface area (Å²) in [6.45, 7) is 6.58. The fourth-order valence-corrected chi connectivity index (χ4v) is 8.82. The molecule has 4 rings (SSSR count). The van der Waals surface area contributed by atoms with Gasteiger partial charge in [-0.25, -0.2) is 0 Å². The van der Waals surface area contributed by atoms with Crippen LogP contribution in [-0.4, -0.2) is 57.9 Å². The van der Waals surface area contributed by atoms with Crippen molar-refractivity contribution in [3.63, 3.8) is 0 Å². The quantitative estimate of drug-likeness (QED) is 0.503. The summed E-state index contributed by atoms with van der Waals surface area (Å²) in [5.41, 5.74) is -0.492. The van der Waals surface area contributed by atoms with Crippen molar-refractivity contribution in [2.24, 2.45) is 46.3 Å². The zero-order valence-electron chi connectivity index (χ0n) is 19.5. The smallest absolute Gasteiger partial charge is 0.305 e. The van der Waals surface area contributed by atoms with Gasteiger partial charge >= 0.3 is 5.97 Å². The van der Waals surface area contributed by atoms with Crippen LogP contribution in [0, 0.1) is 46.3 Å². The Morgan fingerprint density at radius 1 is 1.00 bits per heavy atom. The Morgan fingerprint density at radius 2 is 1.71 bits per heavy atom. The highest BCUT2D eigenvalue weighted by Gasteiger charge is 2.67. The second-order valence-electron chi connectivity index (χ2n) is 11.7. The van der Waals surface area contributed by atoms with Crippen molar-refractivity contribution in [1.82, 2.24) is 0 Å². The van der Waals surface area contributed by atoms with Crippen LogP contribution in [0.4, 0.5) is 0 Å². The Labute approximate surface area is 186 Å². The van der Waals surface area contributed by atoms with Crippen molar-refractivity contribution in [1.29, 1.82) is 0 Å². The van der Waals surface area contributed by atoms with Crippen LogP contribution < -0.4 is 0 Å². The molecule has 31 heavy (non-hydrogen) atoms. The molecular weight excluding hydrogens is 396 g/mol. The van der Waals surface area contributed by atoms with Crippen LogP contribution >= 0.6 is 0 Å². The predicted molar refractivity (Wildman–Crippen MR) is 116 cm³/mol. The van der Waals surface area contributed by atoms with Crippen LogP contribution in [0.3, 0.4) is 0 Å². The third kappa shape index (κ3) is 3.48. The first-order chi connectivity index (χ1) is 14.6. The molecule has 4 N–H and O–H groups in total. The Balaban J connectivity index is 1.61. The Kier molecular flexibility index (Phi) is 6.26. The van der Waals surface area contributed by atoms with E-state index in [1.165, 1.54) is 7.11 Å². The largest absolute Gasteiger partial charge is 0.469 e. The molecule has 6 heteroatoms. The zero-order valence-corrected chi connectivity index (χ0v) is 19.5. The summed E-state index contributed by atoms with van der Waals surface area (Å²) in [6.07, 6.45) is 3.27. The van der Waals surface area contributed by atoms with E-state index >= 15 is 0 Å². The summed E-state index contributed by atoms with van der Waals surface area (Å²) >= 11 is 0. The molecule has 6 nitrogen and oxygen atoms in total. The highest BCUT2D eigenvalue weighted by atomic mass is 16.5. The van der Waals surface area contributed by atoms with Crippen LogP contribution in [0.2, 0.25) is 0 Å². The van der Waals surface area contributed by atoms with Gasteiger partial charge in [0, 0.05) is 6.42 Å². The lowest BCUT2D eigenvalue weighted by atomic mass is 9.42. The number of carbonyl (C=O) groups excluding carboxylic acids is 1. The van der Waals surface area contributed by atoms with Gasteiger partial charge in [-0.15, -0.1) is 0 Å². The number of fused-ring (bicyclic) bond motifs is 5. The van der Waals surface area contributed by atoms with Crippen molar-refractivity contribution in [3.05, 3.63) is 0 Å². The van der Waals surface area contributed by atoms with Gasteiger partial charge in [-0.1, -0.05) is 20.8 Å². The maximum Gasteiger partial charge on any atom is 0.305 e. The highest BCUT2D eigenvalue weighted by Crippen LogP contribution is 2.68. The topological polar surface area (TPSA) is 107 Å². The van der Waals surface area contributed by atoms with Gasteiger partial charge in [-0.05, 0) is 91.3 Å². The molecule has 4 aliphatic carbocycles. The van der Waals surface area contributed by atoms with E-state index in [4.69, 9.17) is 4.74 Å². The standard InChI is InChI=1S/C25H42O6/c1-13(5-8-20(28)31-4)15-6-7-16-21-17(12-19(27)25(15,16)3)24(2)10-9-14(26)11-18(24)22(29)23(21)30/h13-19,21-23,26-27,29-30H,5-12H2,1-4H3/t13-,14-,15+,16+,17-,18+,19-,21+,22-,23+,24+,25+/m0/s1. The van der Waals surface area contributed by atoms with Crippen molar-refractivity contribution < 1.29 is 30.0 Å². The van der Waals surface area contributed by atoms with Crippen molar-refractivity contribution >= 4 is 5.97 Å². The van der Waals surface area contributed by atoms with Gasteiger partial charge in [0.05, 0.1) is 31.5 Å². The number of ether oxygens (including phenoxy) is 1. The molecule has 0 aromatic carbocycles. The van der Waals surface area contributed by atoms with Gasteiger partial charge in [0.2, 0.25) is 0 Å². The van der Waals surface area contributed by atoms with E-state index in [2.05, 4.69) is 20.8 Å². The molecule has 0 amide bonds. The number of aliphatic hydroxyl groups excluding tert-OH is 4. The second-order valence-corrected chi connectivity index (χ2v) is 11.7. The van der Waals surface area contributed by atoms with Gasteiger partial charge in [-0.3, -0.25) is 4.79 Å². The SMILES string of the molecule is COC(=O)CC[C@H](C)[C@H]1CC[C@@H]2[C@H]3[C@@H](O)[C@@H](O)[C@H]4C[C@@H](O)CC[C@]4(C)[C@H]3C[C@H](O)[C@@]21C. The minimum absolute atomic E-state index is 0.0299. The predicted octanol–water partition coefficient (Wildman–Crippen LogP) is 2.51. The average Bonchev–Trinajstić information content (AvgIpc) is 3.10. The van der Waals surface area contributed by atoms with Gasteiger partial charge < -0.3 is 25.2 Å². The molecule has 0 radical (unpaired) electrons. The van der Waals surface area contributed by atoms with Gasteiger partial charge in [-0.2, -0.15) is 0 Å². The molecule has 4 saturated carbocycles. The summed E-state index contributed by atoms with van der Waals surface area (Å²) in [5, 5.41) is 44.2. The summed E-state index contributed by atoms with van der Waals surface area (Å²) < 4.78 is 4.81. The Hall–Kier alpha value is -0.690. The summed E-state index contributed by atoms with van der Waals surface area (Å²) in [7, 11) is 1.42. The summed E-state index contributed by atoms with van der Waals surface area (Å²) in [5.74, 6) is 0.514. The number of hydrogen-bond acceptors (Lipinski definition) is 6. The van der Waals surface area contributed by atoms with E-state index in [1.807, 2.05) is 0 Å². The number of esters is 1. The van der Waals surface area contributed by atoms with Crippen molar-refractivity contribution in [2.45, 2.75) is 96.6 Å². The zero-order chi connectivity index (χ0) is 22.7. The van der Waals surface area contributed by atoms with Gasteiger partial charge in [0.1, 0.15) is 0 Å². The monoisotopic (exact) mass is 438 g/mol. The van der Waals surface area contributed by atoms with E-state index in [9.17, 15) is 25.2 Å². The van der Waals surface area contributed by atoms with E-state index < -0.39 is 24.4 Å². The molecule has 0 bridgehead atoms. The lowest BCUT2D eigenvalue weighted by Crippen LogP contribution is -2.66. The van der Waals surface area contributed by atoms with E-state index in [1.54, 1.807) is 0 Å². The van der Waals surface area contributed by atoms with E-state index in [0.717, 1.165) is 32.1 Å². The maximum absolute atomic E-state index is 11.7. The third-order valence-corrected chi connectivity index (χ3v) is 10.6.